The molecule has 156 valence electrons. The third-order valence-electron chi connectivity index (χ3n) is 4.43. The first-order valence-electron chi connectivity index (χ1n) is 8.92. The molecular formula is C18H28O8Si2. The number of esters is 1. The molecule has 8 nitrogen and oxygen atoms in total. The number of rotatable bonds is 11. The predicted molar refractivity (Wildman–Crippen MR) is 106 cm³/mol. The summed E-state index contributed by atoms with van der Waals surface area (Å²) < 4.78 is 39.1. The van der Waals surface area contributed by atoms with Crippen LogP contribution in [-0.4, -0.2) is 57.5 Å². The second-order valence-electron chi connectivity index (χ2n) is 6.35. The lowest BCUT2D eigenvalue weighted by Gasteiger charge is -2.33. The summed E-state index contributed by atoms with van der Waals surface area (Å²) in [4.78, 5) is 11.1. The van der Waals surface area contributed by atoms with Gasteiger partial charge in [-0.05, 0) is 31.2 Å². The van der Waals surface area contributed by atoms with Crippen LogP contribution in [0.2, 0.25) is 12.6 Å². The van der Waals surface area contributed by atoms with E-state index in [0.29, 0.717) is 25.4 Å². The van der Waals surface area contributed by atoms with Crippen molar-refractivity contribution in [2.24, 2.45) is 0 Å². The Balaban J connectivity index is 1.92. The van der Waals surface area contributed by atoms with Crippen LogP contribution in [0.15, 0.2) is 30.9 Å². The number of hydrogen-bond acceptors (Lipinski definition) is 8. The van der Waals surface area contributed by atoms with Gasteiger partial charge in [0.05, 0.1) is 13.2 Å². The third kappa shape index (κ3) is 5.90. The molecule has 0 N–H and O–H groups in total. The van der Waals surface area contributed by atoms with Crippen molar-refractivity contribution in [2.75, 3.05) is 34.2 Å². The third-order valence-corrected chi connectivity index (χ3v) is 9.46. The molecule has 1 aliphatic heterocycles. The van der Waals surface area contributed by atoms with Gasteiger partial charge >= 0.3 is 23.3 Å². The van der Waals surface area contributed by atoms with Crippen molar-refractivity contribution in [3.8, 4) is 11.5 Å². The lowest BCUT2D eigenvalue weighted by Crippen LogP contribution is -2.49. The molecule has 1 aromatic rings. The second kappa shape index (κ2) is 10.2. The van der Waals surface area contributed by atoms with Gasteiger partial charge in [-0.25, -0.2) is 4.79 Å². The summed E-state index contributed by atoms with van der Waals surface area (Å²) in [5.74, 6) is 1.04. The first-order valence-corrected chi connectivity index (χ1v) is 13.4. The van der Waals surface area contributed by atoms with Crippen molar-refractivity contribution < 1.29 is 36.4 Å². The van der Waals surface area contributed by atoms with E-state index < -0.39 is 23.3 Å². The van der Waals surface area contributed by atoms with Gasteiger partial charge in [0.2, 0.25) is 0 Å². The van der Waals surface area contributed by atoms with Gasteiger partial charge in [-0.15, -0.1) is 0 Å². The van der Waals surface area contributed by atoms with E-state index in [1.165, 1.54) is 0 Å². The zero-order chi connectivity index (χ0) is 20.6. The Morgan fingerprint density at radius 2 is 2.00 bits per heavy atom. The Morgan fingerprint density at radius 1 is 1.29 bits per heavy atom. The van der Waals surface area contributed by atoms with E-state index in [4.69, 9.17) is 31.6 Å². The molecule has 0 fully saturated rings. The number of carbonyl (C=O) groups excluding carboxylic acids is 1. The fraction of sp³-hybridized carbons (Fsp3) is 0.500. The van der Waals surface area contributed by atoms with Crippen LogP contribution in [-0.2, 0) is 33.8 Å². The molecule has 1 unspecified atom stereocenters. The highest BCUT2D eigenvalue weighted by atomic mass is 28.4. The molecule has 10 heteroatoms. The zero-order valence-corrected chi connectivity index (χ0v) is 18.8. The van der Waals surface area contributed by atoms with E-state index in [9.17, 15) is 4.79 Å². The maximum atomic E-state index is 11.1. The van der Waals surface area contributed by atoms with Crippen molar-refractivity contribution in [2.45, 2.75) is 25.6 Å². The molecule has 28 heavy (non-hydrogen) atoms. The van der Waals surface area contributed by atoms with E-state index in [1.807, 2.05) is 24.7 Å². The van der Waals surface area contributed by atoms with Crippen LogP contribution >= 0.6 is 0 Å². The van der Waals surface area contributed by atoms with Gasteiger partial charge in [-0.3, -0.25) is 0 Å². The molecule has 0 amide bonds. The Labute approximate surface area is 167 Å². The molecular weight excluding hydrogens is 400 g/mol. The summed E-state index contributed by atoms with van der Waals surface area (Å²) in [6.07, 6.45) is 2.03. The van der Waals surface area contributed by atoms with E-state index >= 15 is 0 Å². The summed E-state index contributed by atoms with van der Waals surface area (Å²) in [6.45, 7) is 6.15. The van der Waals surface area contributed by atoms with E-state index in [-0.39, 0.29) is 6.23 Å². The van der Waals surface area contributed by atoms with Crippen LogP contribution < -0.4 is 9.16 Å². The van der Waals surface area contributed by atoms with Gasteiger partial charge in [-0.1, -0.05) is 6.58 Å². The Kier molecular flexibility index (Phi) is 8.22. The lowest BCUT2D eigenvalue weighted by molar-refractivity contribution is -0.137. The average molecular weight is 429 g/mol. The molecule has 0 spiro atoms. The molecule has 0 bridgehead atoms. The van der Waals surface area contributed by atoms with Crippen LogP contribution in [0.5, 0.6) is 11.5 Å². The van der Waals surface area contributed by atoms with Gasteiger partial charge in [-0.2, -0.15) is 0 Å². The highest BCUT2D eigenvalue weighted by Crippen LogP contribution is 2.34. The van der Waals surface area contributed by atoms with Crippen LogP contribution in [0.25, 0.3) is 0 Å². The summed E-state index contributed by atoms with van der Waals surface area (Å²) in [5, 5.41) is 0. The van der Waals surface area contributed by atoms with Gasteiger partial charge < -0.3 is 31.6 Å². The summed E-state index contributed by atoms with van der Waals surface area (Å²) >= 11 is 0. The van der Waals surface area contributed by atoms with Crippen molar-refractivity contribution in [1.82, 2.24) is 0 Å². The molecule has 0 aromatic heterocycles. The van der Waals surface area contributed by atoms with Crippen LogP contribution in [0.3, 0.4) is 0 Å². The van der Waals surface area contributed by atoms with Crippen molar-refractivity contribution >= 4 is 23.3 Å². The van der Waals surface area contributed by atoms with Crippen LogP contribution in [0.4, 0.5) is 0 Å². The van der Waals surface area contributed by atoms with E-state index in [0.717, 1.165) is 23.4 Å². The second-order valence-corrected chi connectivity index (χ2v) is 12.5. The first kappa shape index (κ1) is 22.6. The molecule has 2 rings (SSSR count). The number of hydrogen-bond donors (Lipinski definition) is 0. The maximum absolute atomic E-state index is 11.1. The SMILES string of the molecule is C=CC(=O)OCCC[Si]1(C)OCc2cc(OC[Si](OC)(OC)OC)ccc2O1. The monoisotopic (exact) mass is 428 g/mol. The number of ether oxygens (including phenoxy) is 2. The van der Waals surface area contributed by atoms with Crippen LogP contribution in [0.1, 0.15) is 12.0 Å². The first-order chi connectivity index (χ1) is 13.4. The van der Waals surface area contributed by atoms with Gasteiger partial charge in [0, 0.05) is 39.0 Å². The van der Waals surface area contributed by atoms with Gasteiger partial charge in [0.25, 0.3) is 0 Å². The topological polar surface area (TPSA) is 81.7 Å². The standard InChI is InChI=1S/C18H28O8Si2/c1-6-18(19)23-10-7-11-27(5)25-13-15-12-16(8-9-17(15)26-27)24-14-28(20-2,21-3)22-4/h6,8-9,12H,1,7,10-11,13-14H2,2-5H3. The highest BCUT2D eigenvalue weighted by Gasteiger charge is 2.40. The van der Waals surface area contributed by atoms with Crippen LogP contribution in [0, 0.1) is 0 Å². The average Bonchev–Trinajstić information content (AvgIpc) is 2.72. The zero-order valence-electron chi connectivity index (χ0n) is 16.8. The molecule has 0 saturated carbocycles. The number of carbonyl (C=O) groups is 1. The minimum absolute atomic E-state index is 0.201. The highest BCUT2D eigenvalue weighted by molar-refractivity contribution is 6.67. The Hall–Kier alpha value is -1.70. The molecule has 0 saturated heterocycles. The molecule has 1 aliphatic rings. The molecule has 1 heterocycles. The van der Waals surface area contributed by atoms with Crippen molar-refractivity contribution in [1.29, 1.82) is 0 Å². The van der Waals surface area contributed by atoms with Gasteiger partial charge in [0.15, 0.2) is 6.23 Å². The fourth-order valence-corrected chi connectivity index (χ4v) is 6.11. The minimum Gasteiger partial charge on any atom is -0.520 e. The summed E-state index contributed by atoms with van der Waals surface area (Å²) in [7, 11) is -0.545. The fourth-order valence-electron chi connectivity index (χ4n) is 2.70. The van der Waals surface area contributed by atoms with Crippen molar-refractivity contribution in [3.63, 3.8) is 0 Å². The van der Waals surface area contributed by atoms with E-state index in [1.54, 1.807) is 21.3 Å². The summed E-state index contributed by atoms with van der Waals surface area (Å²) in [6, 6.07) is 6.32. The van der Waals surface area contributed by atoms with Crippen molar-refractivity contribution in [3.05, 3.63) is 36.4 Å². The molecule has 0 aliphatic carbocycles. The largest absolute Gasteiger partial charge is 0.539 e. The Bertz CT molecular complexity index is 671. The lowest BCUT2D eigenvalue weighted by atomic mass is 10.2. The maximum Gasteiger partial charge on any atom is 0.539 e. The quantitative estimate of drug-likeness (QED) is 0.230. The Morgan fingerprint density at radius 3 is 2.64 bits per heavy atom. The smallest absolute Gasteiger partial charge is 0.520 e. The normalized spacial score (nSPS) is 18.7. The number of benzene rings is 1. The molecule has 1 atom stereocenters. The van der Waals surface area contributed by atoms with Gasteiger partial charge in [0.1, 0.15) is 11.5 Å². The van der Waals surface area contributed by atoms with E-state index in [2.05, 4.69) is 6.58 Å². The molecule has 0 radical (unpaired) electrons. The predicted octanol–water partition coefficient (Wildman–Crippen LogP) is 2.58. The minimum atomic E-state index is -2.81. The number of fused-ring (bicyclic) bond motifs is 1. The molecule has 1 aromatic carbocycles. The summed E-state index contributed by atoms with van der Waals surface area (Å²) in [5.41, 5.74) is 0.917.